The predicted molar refractivity (Wildman–Crippen MR) is 54.7 cm³/mol. The summed E-state index contributed by atoms with van der Waals surface area (Å²) in [6.45, 7) is 1.15. The number of hydrogen-bond donors (Lipinski definition) is 0. The molecule has 0 bridgehead atoms. The highest BCUT2D eigenvalue weighted by Gasteiger charge is 2.41. The van der Waals surface area contributed by atoms with Crippen LogP contribution in [0.2, 0.25) is 0 Å². The van der Waals surface area contributed by atoms with Crippen LogP contribution in [-0.4, -0.2) is 17.3 Å². The van der Waals surface area contributed by atoms with Crippen molar-refractivity contribution in [2.75, 3.05) is 0 Å². The Labute approximate surface area is 109 Å². The number of hydrogen-bond acceptors (Lipinski definition) is 3. The lowest BCUT2D eigenvalue weighted by Gasteiger charge is -2.20. The highest BCUT2D eigenvalue weighted by Crippen LogP contribution is 2.32. The monoisotopic (exact) mass is 298 g/mol. The van der Waals surface area contributed by atoms with Crippen LogP contribution in [0, 0.1) is 11.3 Å². The molecule has 0 saturated carbocycles. The molecule has 20 heavy (non-hydrogen) atoms. The summed E-state index contributed by atoms with van der Waals surface area (Å²) < 4.78 is 79.3. The summed E-state index contributed by atoms with van der Waals surface area (Å²) in [5.41, 5.74) is -1.93. The van der Waals surface area contributed by atoms with Crippen LogP contribution in [0.5, 0.6) is 5.88 Å². The number of alkyl halides is 6. The number of ether oxygens (including phenoxy) is 1. The first-order chi connectivity index (χ1) is 9.09. The average molecular weight is 298 g/mol. The number of aromatic nitrogens is 1. The minimum absolute atomic E-state index is 0.499. The molecule has 0 N–H and O–H groups in total. The Morgan fingerprint density at radius 3 is 2.25 bits per heavy atom. The Hall–Kier alpha value is -1.98. The van der Waals surface area contributed by atoms with Gasteiger partial charge in [0.15, 0.2) is 6.10 Å². The minimum atomic E-state index is -4.84. The molecule has 0 saturated heterocycles. The lowest BCUT2D eigenvalue weighted by atomic mass is 10.2. The van der Waals surface area contributed by atoms with E-state index >= 15 is 0 Å². The van der Waals surface area contributed by atoms with E-state index in [4.69, 9.17) is 5.26 Å². The molecule has 110 valence electrons. The van der Waals surface area contributed by atoms with Crippen LogP contribution in [0.4, 0.5) is 26.3 Å². The van der Waals surface area contributed by atoms with Gasteiger partial charge in [-0.3, -0.25) is 0 Å². The van der Waals surface area contributed by atoms with Gasteiger partial charge in [0, 0.05) is 0 Å². The lowest BCUT2D eigenvalue weighted by molar-refractivity contribution is -0.196. The SMILES string of the molecule is CCC(Oc1nc(C(F)(F)F)ccc1C#N)C(F)(F)F. The van der Waals surface area contributed by atoms with E-state index in [-0.39, 0.29) is 0 Å². The first kappa shape index (κ1) is 16.1. The van der Waals surface area contributed by atoms with Gasteiger partial charge in [-0.05, 0) is 18.6 Å². The molecule has 1 unspecified atom stereocenters. The molecule has 1 aromatic heterocycles. The molecule has 1 heterocycles. The van der Waals surface area contributed by atoms with Crippen LogP contribution >= 0.6 is 0 Å². The molecule has 0 aliphatic rings. The van der Waals surface area contributed by atoms with E-state index in [0.717, 1.165) is 6.92 Å². The van der Waals surface area contributed by atoms with Crippen molar-refractivity contribution in [1.82, 2.24) is 4.98 Å². The Morgan fingerprint density at radius 2 is 1.85 bits per heavy atom. The van der Waals surface area contributed by atoms with Gasteiger partial charge in [0.25, 0.3) is 0 Å². The summed E-state index contributed by atoms with van der Waals surface area (Å²) >= 11 is 0. The van der Waals surface area contributed by atoms with Crippen molar-refractivity contribution >= 4 is 0 Å². The molecule has 0 aliphatic carbocycles. The molecule has 1 atom stereocenters. The molecule has 9 heteroatoms. The fourth-order valence-electron chi connectivity index (χ4n) is 1.29. The number of halogens is 6. The van der Waals surface area contributed by atoms with Crippen molar-refractivity contribution in [3.63, 3.8) is 0 Å². The number of rotatable bonds is 3. The van der Waals surface area contributed by atoms with E-state index in [1.807, 2.05) is 0 Å². The maximum atomic E-state index is 12.5. The van der Waals surface area contributed by atoms with E-state index in [9.17, 15) is 26.3 Å². The van der Waals surface area contributed by atoms with Crippen LogP contribution in [0.3, 0.4) is 0 Å². The van der Waals surface area contributed by atoms with Crippen LogP contribution in [0.25, 0.3) is 0 Å². The van der Waals surface area contributed by atoms with Crippen LogP contribution in [0.1, 0.15) is 24.6 Å². The molecular weight excluding hydrogens is 290 g/mol. The standard InChI is InChI=1S/C11H8F6N2O/c1-2-8(11(15,16)17)20-9-6(5-18)3-4-7(19-9)10(12,13)14/h3-4,8H,2H2,1H3. The Morgan fingerprint density at radius 1 is 1.25 bits per heavy atom. The Bertz CT molecular complexity index is 517. The average Bonchev–Trinajstić information content (AvgIpc) is 2.33. The molecular formula is C11H8F6N2O. The van der Waals surface area contributed by atoms with Gasteiger partial charge in [-0.15, -0.1) is 0 Å². The van der Waals surface area contributed by atoms with Crippen molar-refractivity contribution in [3.8, 4) is 11.9 Å². The summed E-state index contributed by atoms with van der Waals surface area (Å²) in [5.74, 6) is -0.980. The lowest BCUT2D eigenvalue weighted by Crippen LogP contribution is -2.34. The highest BCUT2D eigenvalue weighted by atomic mass is 19.4. The molecule has 3 nitrogen and oxygen atoms in total. The van der Waals surface area contributed by atoms with E-state index in [1.165, 1.54) is 6.07 Å². The number of nitriles is 1. The molecule has 0 spiro atoms. The maximum Gasteiger partial charge on any atom is 0.433 e. The Balaban J connectivity index is 3.19. The van der Waals surface area contributed by atoms with Gasteiger partial charge in [-0.1, -0.05) is 6.92 Å². The van der Waals surface area contributed by atoms with E-state index < -0.39 is 42.0 Å². The summed E-state index contributed by atoms with van der Waals surface area (Å²) in [5, 5.41) is 8.67. The van der Waals surface area contributed by atoms with Gasteiger partial charge in [-0.25, -0.2) is 4.98 Å². The molecule has 0 amide bonds. The third kappa shape index (κ3) is 3.76. The summed E-state index contributed by atoms with van der Waals surface area (Å²) in [4.78, 5) is 2.95. The largest absolute Gasteiger partial charge is 0.464 e. The fraction of sp³-hybridized carbons (Fsp3) is 0.455. The number of nitrogens with zero attached hydrogens (tertiary/aromatic N) is 2. The summed E-state index contributed by atoms with van der Waals surface area (Å²) in [6.07, 6.45) is -12.5. The van der Waals surface area contributed by atoms with Crippen molar-refractivity contribution in [2.45, 2.75) is 31.8 Å². The smallest absolute Gasteiger partial charge is 0.433 e. The van der Waals surface area contributed by atoms with Gasteiger partial charge >= 0.3 is 12.4 Å². The van der Waals surface area contributed by atoms with Gasteiger partial charge in [0.2, 0.25) is 5.88 Å². The van der Waals surface area contributed by atoms with Crippen LogP contribution in [-0.2, 0) is 6.18 Å². The zero-order valence-electron chi connectivity index (χ0n) is 10.0. The van der Waals surface area contributed by atoms with Gasteiger partial charge in [0.1, 0.15) is 17.3 Å². The first-order valence-corrected chi connectivity index (χ1v) is 5.31. The van der Waals surface area contributed by atoms with E-state index in [2.05, 4.69) is 9.72 Å². The van der Waals surface area contributed by atoms with Gasteiger partial charge < -0.3 is 4.74 Å². The van der Waals surface area contributed by atoms with Crippen molar-refractivity contribution < 1.29 is 31.1 Å². The summed E-state index contributed by atoms with van der Waals surface area (Å²) in [6, 6.07) is 2.65. The predicted octanol–water partition coefficient (Wildman–Crippen LogP) is 3.69. The maximum absolute atomic E-state index is 12.5. The van der Waals surface area contributed by atoms with Crippen molar-refractivity contribution in [3.05, 3.63) is 23.4 Å². The van der Waals surface area contributed by atoms with E-state index in [0.29, 0.717) is 12.1 Å². The molecule has 0 fully saturated rings. The molecule has 1 aromatic rings. The molecule has 1 rings (SSSR count). The van der Waals surface area contributed by atoms with Crippen LogP contribution in [0.15, 0.2) is 12.1 Å². The highest BCUT2D eigenvalue weighted by molar-refractivity contribution is 5.39. The second-order valence-corrected chi connectivity index (χ2v) is 3.72. The number of pyridine rings is 1. The third-order valence-corrected chi connectivity index (χ3v) is 2.26. The molecule has 0 aliphatic heterocycles. The van der Waals surface area contributed by atoms with Crippen LogP contribution < -0.4 is 4.74 Å². The van der Waals surface area contributed by atoms with Gasteiger partial charge in [-0.2, -0.15) is 31.6 Å². The Kier molecular flexibility index (Phi) is 4.47. The normalized spacial score (nSPS) is 13.7. The van der Waals surface area contributed by atoms with Crippen molar-refractivity contribution in [1.29, 1.82) is 5.26 Å². The topological polar surface area (TPSA) is 45.9 Å². The fourth-order valence-corrected chi connectivity index (χ4v) is 1.29. The quantitative estimate of drug-likeness (QED) is 0.799. The first-order valence-electron chi connectivity index (χ1n) is 5.31. The zero-order valence-corrected chi connectivity index (χ0v) is 10.0. The second kappa shape index (κ2) is 5.56. The minimum Gasteiger partial charge on any atom is -0.464 e. The van der Waals surface area contributed by atoms with Gasteiger partial charge in [0.05, 0.1) is 0 Å². The molecule has 0 radical (unpaired) electrons. The third-order valence-electron chi connectivity index (χ3n) is 2.26. The van der Waals surface area contributed by atoms with Crippen molar-refractivity contribution in [2.24, 2.45) is 0 Å². The molecule has 0 aromatic carbocycles. The zero-order chi connectivity index (χ0) is 15.6. The van der Waals surface area contributed by atoms with E-state index in [1.54, 1.807) is 0 Å². The second-order valence-electron chi connectivity index (χ2n) is 3.72. The summed E-state index contributed by atoms with van der Waals surface area (Å²) in [7, 11) is 0.